The van der Waals surface area contributed by atoms with Gasteiger partial charge in [0.2, 0.25) is 0 Å². The second-order valence-corrected chi connectivity index (χ2v) is 5.13. The van der Waals surface area contributed by atoms with E-state index in [-0.39, 0.29) is 5.82 Å². The lowest BCUT2D eigenvalue weighted by molar-refractivity contribution is 0.00799. The van der Waals surface area contributed by atoms with Crippen molar-refractivity contribution in [1.29, 1.82) is 0 Å². The molecule has 1 aromatic rings. The van der Waals surface area contributed by atoms with Gasteiger partial charge < -0.3 is 10.1 Å². The van der Waals surface area contributed by atoms with Gasteiger partial charge in [0.05, 0.1) is 12.7 Å². The number of rotatable bonds is 3. The summed E-state index contributed by atoms with van der Waals surface area (Å²) in [5.74, 6) is -0.163. The third kappa shape index (κ3) is 2.50. The smallest absolute Gasteiger partial charge is 0.128 e. The maximum absolute atomic E-state index is 13.4. The van der Waals surface area contributed by atoms with Crippen LogP contribution in [0.4, 0.5) is 4.39 Å². The Morgan fingerprint density at radius 2 is 1.88 bits per heavy atom. The van der Waals surface area contributed by atoms with Crippen molar-refractivity contribution in [2.45, 2.75) is 50.5 Å². The molecule has 0 radical (unpaired) electrons. The summed E-state index contributed by atoms with van der Waals surface area (Å²) in [5.41, 5.74) is 0.665. The highest BCUT2D eigenvalue weighted by atomic mass is 19.1. The first-order chi connectivity index (χ1) is 8.31. The van der Waals surface area contributed by atoms with E-state index in [0.717, 1.165) is 12.8 Å². The number of nitrogens with one attached hydrogen (secondary N) is 1. The second kappa shape index (κ2) is 4.75. The van der Waals surface area contributed by atoms with Crippen LogP contribution in [0.2, 0.25) is 0 Å². The van der Waals surface area contributed by atoms with E-state index in [0.29, 0.717) is 30.4 Å². The third-order valence-electron chi connectivity index (χ3n) is 3.86. The molecule has 2 nitrogen and oxygen atoms in total. The van der Waals surface area contributed by atoms with E-state index in [4.69, 9.17) is 4.74 Å². The summed E-state index contributed by atoms with van der Waals surface area (Å²) in [6.07, 6.45) is 4.98. The van der Waals surface area contributed by atoms with Gasteiger partial charge in [0.25, 0.3) is 0 Å². The first-order valence-electron chi connectivity index (χ1n) is 6.42. The van der Waals surface area contributed by atoms with Crippen LogP contribution in [-0.2, 0) is 11.3 Å². The summed E-state index contributed by atoms with van der Waals surface area (Å²) in [5, 5.41) is 3.58. The van der Waals surface area contributed by atoms with E-state index in [1.165, 1.54) is 18.9 Å². The Kier molecular flexibility index (Phi) is 3.12. The number of halogens is 1. The number of hydrogen-bond acceptors (Lipinski definition) is 2. The van der Waals surface area contributed by atoms with Gasteiger partial charge in [-0.05, 0) is 31.7 Å². The zero-order valence-corrected chi connectivity index (χ0v) is 9.86. The normalized spacial score (nSPS) is 31.7. The summed E-state index contributed by atoms with van der Waals surface area (Å²) in [6, 6.07) is 8.10. The van der Waals surface area contributed by atoms with E-state index in [2.05, 4.69) is 5.32 Å². The Balaban J connectivity index is 1.56. The van der Waals surface area contributed by atoms with Crippen molar-refractivity contribution in [1.82, 2.24) is 5.32 Å². The van der Waals surface area contributed by atoms with Crippen LogP contribution in [0.1, 0.15) is 31.2 Å². The molecule has 2 saturated heterocycles. The molecular formula is C14H18FNO. The van der Waals surface area contributed by atoms with Crippen molar-refractivity contribution in [2.75, 3.05) is 0 Å². The van der Waals surface area contributed by atoms with Gasteiger partial charge in [-0.25, -0.2) is 4.39 Å². The number of hydrogen-bond donors (Lipinski definition) is 1. The highest BCUT2D eigenvalue weighted by molar-refractivity contribution is 5.16. The van der Waals surface area contributed by atoms with Crippen LogP contribution < -0.4 is 5.32 Å². The maximum atomic E-state index is 13.4. The monoisotopic (exact) mass is 235 g/mol. The minimum absolute atomic E-state index is 0.163. The van der Waals surface area contributed by atoms with E-state index >= 15 is 0 Å². The lowest BCUT2D eigenvalue weighted by Crippen LogP contribution is -2.41. The van der Waals surface area contributed by atoms with Crippen molar-refractivity contribution in [3.05, 3.63) is 35.6 Å². The van der Waals surface area contributed by atoms with Crippen molar-refractivity contribution >= 4 is 0 Å². The van der Waals surface area contributed by atoms with Gasteiger partial charge in [-0.1, -0.05) is 18.2 Å². The zero-order valence-electron chi connectivity index (χ0n) is 9.86. The Morgan fingerprint density at radius 3 is 2.59 bits per heavy atom. The SMILES string of the molecule is Fc1ccccc1COC1CC2CCC(C1)N2. The topological polar surface area (TPSA) is 21.3 Å². The molecule has 0 aromatic heterocycles. The van der Waals surface area contributed by atoms with Crippen molar-refractivity contribution in [3.63, 3.8) is 0 Å². The summed E-state index contributed by atoms with van der Waals surface area (Å²) in [4.78, 5) is 0. The van der Waals surface area contributed by atoms with Gasteiger partial charge in [-0.2, -0.15) is 0 Å². The molecule has 2 fully saturated rings. The minimum atomic E-state index is -0.163. The van der Waals surface area contributed by atoms with Crippen LogP contribution >= 0.6 is 0 Å². The molecule has 0 spiro atoms. The van der Waals surface area contributed by atoms with E-state index in [1.54, 1.807) is 12.1 Å². The van der Waals surface area contributed by atoms with Gasteiger partial charge in [0.15, 0.2) is 0 Å². The number of benzene rings is 1. The average molecular weight is 235 g/mol. The quantitative estimate of drug-likeness (QED) is 0.869. The van der Waals surface area contributed by atoms with Crippen LogP contribution in [0.5, 0.6) is 0 Å². The fourth-order valence-electron chi connectivity index (χ4n) is 2.96. The lowest BCUT2D eigenvalue weighted by Gasteiger charge is -2.29. The molecule has 1 aromatic carbocycles. The van der Waals surface area contributed by atoms with Crippen molar-refractivity contribution in [3.8, 4) is 0 Å². The molecular weight excluding hydrogens is 217 g/mol. The number of ether oxygens (including phenoxy) is 1. The molecule has 2 aliphatic heterocycles. The standard InChI is InChI=1S/C14H18FNO/c15-14-4-2-1-3-10(14)9-17-13-7-11-5-6-12(8-13)16-11/h1-4,11-13,16H,5-9H2. The second-order valence-electron chi connectivity index (χ2n) is 5.13. The molecule has 2 heterocycles. The highest BCUT2D eigenvalue weighted by Crippen LogP contribution is 2.29. The Morgan fingerprint density at radius 1 is 1.18 bits per heavy atom. The summed E-state index contributed by atoms with van der Waals surface area (Å²) < 4.78 is 19.3. The predicted octanol–water partition coefficient (Wildman–Crippen LogP) is 2.63. The summed E-state index contributed by atoms with van der Waals surface area (Å²) in [6.45, 7) is 0.400. The molecule has 0 saturated carbocycles. The molecule has 0 amide bonds. The molecule has 3 heteroatoms. The first kappa shape index (κ1) is 11.2. The van der Waals surface area contributed by atoms with Crippen molar-refractivity contribution < 1.29 is 9.13 Å². The maximum Gasteiger partial charge on any atom is 0.128 e. The summed E-state index contributed by atoms with van der Waals surface area (Å²) >= 11 is 0. The van der Waals surface area contributed by atoms with Crippen LogP contribution in [0.15, 0.2) is 24.3 Å². The van der Waals surface area contributed by atoms with E-state index in [1.807, 2.05) is 6.07 Å². The molecule has 17 heavy (non-hydrogen) atoms. The van der Waals surface area contributed by atoms with Crippen LogP contribution in [0.25, 0.3) is 0 Å². The average Bonchev–Trinajstić information content (AvgIpc) is 2.68. The van der Waals surface area contributed by atoms with E-state index < -0.39 is 0 Å². The van der Waals surface area contributed by atoms with Crippen LogP contribution in [0, 0.1) is 5.82 Å². The van der Waals surface area contributed by atoms with Gasteiger partial charge in [0.1, 0.15) is 5.82 Å². The van der Waals surface area contributed by atoms with Gasteiger partial charge in [-0.15, -0.1) is 0 Å². The minimum Gasteiger partial charge on any atom is -0.373 e. The zero-order chi connectivity index (χ0) is 11.7. The Bertz CT molecular complexity index is 384. The molecule has 0 aliphatic carbocycles. The molecule has 92 valence electrons. The summed E-state index contributed by atoms with van der Waals surface area (Å²) in [7, 11) is 0. The van der Waals surface area contributed by atoms with E-state index in [9.17, 15) is 4.39 Å². The van der Waals surface area contributed by atoms with Crippen LogP contribution in [0.3, 0.4) is 0 Å². The van der Waals surface area contributed by atoms with Gasteiger partial charge in [0, 0.05) is 17.6 Å². The van der Waals surface area contributed by atoms with Gasteiger partial charge in [-0.3, -0.25) is 0 Å². The lowest BCUT2D eigenvalue weighted by atomic mass is 10.0. The number of piperidine rings is 1. The highest BCUT2D eigenvalue weighted by Gasteiger charge is 2.33. The molecule has 2 atom stereocenters. The molecule has 1 N–H and O–H groups in total. The third-order valence-corrected chi connectivity index (χ3v) is 3.86. The first-order valence-corrected chi connectivity index (χ1v) is 6.42. The molecule has 3 rings (SSSR count). The molecule has 2 aliphatic rings. The predicted molar refractivity (Wildman–Crippen MR) is 64.2 cm³/mol. The van der Waals surface area contributed by atoms with Crippen molar-refractivity contribution in [2.24, 2.45) is 0 Å². The Labute approximate surface area is 101 Å². The fourth-order valence-corrected chi connectivity index (χ4v) is 2.96. The Hall–Kier alpha value is -0.930. The largest absolute Gasteiger partial charge is 0.373 e. The molecule has 2 bridgehead atoms. The van der Waals surface area contributed by atoms with Gasteiger partial charge >= 0.3 is 0 Å². The fraction of sp³-hybridized carbons (Fsp3) is 0.571. The van der Waals surface area contributed by atoms with Crippen LogP contribution in [-0.4, -0.2) is 18.2 Å². The number of fused-ring (bicyclic) bond motifs is 2. The molecule has 2 unspecified atom stereocenters.